The molecule has 0 fully saturated rings. The van der Waals surface area contributed by atoms with Crippen LogP contribution in [0.15, 0.2) is 42.5 Å². The average molecular weight is 391 g/mol. The SMILES string of the molecule is COc1ccc2c(c1)C(CCNC(C)=O)CCC2c1ccc(C(F)(F)F)cc1. The molecule has 6 heteroatoms. The first kappa shape index (κ1) is 20.2. The zero-order valence-electron chi connectivity index (χ0n) is 16.0. The number of methoxy groups -OCH3 is 1. The van der Waals surface area contributed by atoms with Crippen LogP contribution in [0.25, 0.3) is 0 Å². The van der Waals surface area contributed by atoms with Gasteiger partial charge in [0.1, 0.15) is 5.75 Å². The van der Waals surface area contributed by atoms with Gasteiger partial charge < -0.3 is 10.1 Å². The summed E-state index contributed by atoms with van der Waals surface area (Å²) >= 11 is 0. The Balaban J connectivity index is 1.89. The molecule has 0 heterocycles. The predicted molar refractivity (Wildman–Crippen MR) is 102 cm³/mol. The fourth-order valence-corrected chi connectivity index (χ4v) is 4.00. The number of benzene rings is 2. The van der Waals surface area contributed by atoms with Crippen molar-refractivity contribution in [3.8, 4) is 5.75 Å². The van der Waals surface area contributed by atoms with Crippen molar-refractivity contribution in [1.82, 2.24) is 5.32 Å². The van der Waals surface area contributed by atoms with Crippen molar-refractivity contribution < 1.29 is 22.7 Å². The Morgan fingerprint density at radius 2 is 1.82 bits per heavy atom. The van der Waals surface area contributed by atoms with E-state index in [1.165, 1.54) is 6.92 Å². The highest BCUT2D eigenvalue weighted by atomic mass is 19.4. The molecule has 28 heavy (non-hydrogen) atoms. The molecule has 1 amide bonds. The maximum atomic E-state index is 12.9. The lowest BCUT2D eigenvalue weighted by atomic mass is 9.73. The molecule has 0 bridgehead atoms. The largest absolute Gasteiger partial charge is 0.497 e. The van der Waals surface area contributed by atoms with Gasteiger partial charge in [0.2, 0.25) is 5.91 Å². The molecule has 150 valence electrons. The van der Waals surface area contributed by atoms with Gasteiger partial charge in [-0.05, 0) is 66.1 Å². The Hall–Kier alpha value is -2.50. The van der Waals surface area contributed by atoms with Crippen molar-refractivity contribution in [3.05, 3.63) is 64.7 Å². The van der Waals surface area contributed by atoms with E-state index in [-0.39, 0.29) is 17.7 Å². The van der Waals surface area contributed by atoms with Gasteiger partial charge >= 0.3 is 6.18 Å². The van der Waals surface area contributed by atoms with E-state index in [0.29, 0.717) is 6.54 Å². The first-order valence-electron chi connectivity index (χ1n) is 9.39. The highest BCUT2D eigenvalue weighted by Gasteiger charge is 2.32. The standard InChI is InChI=1S/C22H24F3NO2/c1-14(27)26-12-11-16-5-9-19(20-10-8-18(28-2)13-21(16)20)15-3-6-17(7-4-15)22(23,24)25/h3-4,6-8,10,13,16,19H,5,9,11-12H2,1-2H3,(H,26,27). The van der Waals surface area contributed by atoms with E-state index in [1.54, 1.807) is 19.2 Å². The van der Waals surface area contributed by atoms with E-state index >= 15 is 0 Å². The number of carbonyl (C=O) groups excluding carboxylic acids is 1. The minimum atomic E-state index is -4.33. The fourth-order valence-electron chi connectivity index (χ4n) is 4.00. The van der Waals surface area contributed by atoms with Gasteiger partial charge in [-0.1, -0.05) is 18.2 Å². The molecule has 2 aromatic carbocycles. The van der Waals surface area contributed by atoms with Gasteiger partial charge in [-0.25, -0.2) is 0 Å². The Bertz CT molecular complexity index is 831. The first-order valence-corrected chi connectivity index (χ1v) is 9.39. The van der Waals surface area contributed by atoms with Crippen molar-refractivity contribution in [2.24, 2.45) is 0 Å². The molecule has 2 aromatic rings. The number of alkyl halides is 3. The third kappa shape index (κ3) is 4.49. The van der Waals surface area contributed by atoms with Crippen molar-refractivity contribution in [2.45, 2.75) is 44.2 Å². The van der Waals surface area contributed by atoms with Crippen LogP contribution in [0.2, 0.25) is 0 Å². The monoisotopic (exact) mass is 391 g/mol. The molecule has 1 aliphatic carbocycles. The van der Waals surface area contributed by atoms with Gasteiger partial charge in [0.05, 0.1) is 12.7 Å². The summed E-state index contributed by atoms with van der Waals surface area (Å²) < 4.78 is 44.0. The minimum absolute atomic E-state index is 0.0516. The normalized spacial score (nSPS) is 19.0. The van der Waals surface area contributed by atoms with Crippen molar-refractivity contribution >= 4 is 5.91 Å². The molecule has 2 atom stereocenters. The van der Waals surface area contributed by atoms with Crippen molar-refractivity contribution in [3.63, 3.8) is 0 Å². The van der Waals surface area contributed by atoms with Crippen LogP contribution in [0.1, 0.15) is 60.3 Å². The molecular formula is C22H24F3NO2. The lowest BCUT2D eigenvalue weighted by Gasteiger charge is -2.32. The lowest BCUT2D eigenvalue weighted by molar-refractivity contribution is -0.137. The first-order chi connectivity index (χ1) is 13.3. The zero-order valence-corrected chi connectivity index (χ0v) is 16.0. The van der Waals surface area contributed by atoms with Crippen LogP contribution in [0, 0.1) is 0 Å². The highest BCUT2D eigenvalue weighted by Crippen LogP contribution is 2.45. The summed E-state index contributed by atoms with van der Waals surface area (Å²) in [4.78, 5) is 11.2. The second kappa shape index (κ2) is 8.25. The van der Waals surface area contributed by atoms with E-state index in [2.05, 4.69) is 5.32 Å². The van der Waals surface area contributed by atoms with E-state index in [0.717, 1.165) is 53.8 Å². The third-order valence-corrected chi connectivity index (χ3v) is 5.42. The molecule has 0 radical (unpaired) electrons. The maximum absolute atomic E-state index is 12.9. The third-order valence-electron chi connectivity index (χ3n) is 5.42. The van der Waals surface area contributed by atoms with Gasteiger partial charge in [-0.15, -0.1) is 0 Å². The second-order valence-electron chi connectivity index (χ2n) is 7.21. The summed E-state index contributed by atoms with van der Waals surface area (Å²) in [5.74, 6) is 1.04. The van der Waals surface area contributed by atoms with Crippen molar-refractivity contribution in [1.29, 1.82) is 0 Å². The summed E-state index contributed by atoms with van der Waals surface area (Å²) in [6, 6.07) is 11.4. The number of nitrogens with one attached hydrogen (secondary N) is 1. The lowest BCUT2D eigenvalue weighted by Crippen LogP contribution is -2.24. The fraction of sp³-hybridized carbons (Fsp3) is 0.409. The summed E-state index contributed by atoms with van der Waals surface area (Å²) in [5.41, 5.74) is 2.54. The van der Waals surface area contributed by atoms with Crippen molar-refractivity contribution in [2.75, 3.05) is 13.7 Å². The molecular weight excluding hydrogens is 367 g/mol. The van der Waals surface area contributed by atoms with Crippen LogP contribution >= 0.6 is 0 Å². The molecule has 0 spiro atoms. The van der Waals surface area contributed by atoms with Crippen LogP contribution in [0.5, 0.6) is 5.75 Å². The van der Waals surface area contributed by atoms with E-state index in [9.17, 15) is 18.0 Å². The molecule has 0 aliphatic heterocycles. The topological polar surface area (TPSA) is 38.3 Å². The number of halogens is 3. The zero-order chi connectivity index (χ0) is 20.3. The van der Waals surface area contributed by atoms with Gasteiger partial charge in [0.25, 0.3) is 0 Å². The average Bonchev–Trinajstić information content (AvgIpc) is 2.67. The summed E-state index contributed by atoms with van der Waals surface area (Å²) in [6.45, 7) is 2.10. The Kier molecular flexibility index (Phi) is 5.96. The van der Waals surface area contributed by atoms with Gasteiger partial charge in [0, 0.05) is 19.4 Å². The summed E-state index contributed by atoms with van der Waals surface area (Å²) in [5, 5.41) is 2.84. The van der Waals surface area contributed by atoms with E-state index < -0.39 is 11.7 Å². The Morgan fingerprint density at radius 3 is 2.43 bits per heavy atom. The Morgan fingerprint density at radius 1 is 1.11 bits per heavy atom. The van der Waals surface area contributed by atoms with Gasteiger partial charge in [-0.3, -0.25) is 4.79 Å². The molecule has 3 rings (SSSR count). The number of hydrogen-bond donors (Lipinski definition) is 1. The van der Waals surface area contributed by atoms with Crippen LogP contribution in [0.4, 0.5) is 13.2 Å². The van der Waals surface area contributed by atoms with Crippen LogP contribution in [-0.4, -0.2) is 19.6 Å². The van der Waals surface area contributed by atoms with E-state index in [4.69, 9.17) is 4.74 Å². The van der Waals surface area contributed by atoms with Gasteiger partial charge in [0.15, 0.2) is 0 Å². The molecule has 0 saturated carbocycles. The summed E-state index contributed by atoms with van der Waals surface area (Å²) in [6.07, 6.45) is -1.74. The smallest absolute Gasteiger partial charge is 0.416 e. The number of hydrogen-bond acceptors (Lipinski definition) is 2. The molecule has 2 unspecified atom stereocenters. The summed E-state index contributed by atoms with van der Waals surface area (Å²) in [7, 11) is 1.62. The van der Waals surface area contributed by atoms with Crippen LogP contribution < -0.4 is 10.1 Å². The highest BCUT2D eigenvalue weighted by molar-refractivity contribution is 5.72. The molecule has 1 aliphatic rings. The number of rotatable bonds is 5. The molecule has 3 nitrogen and oxygen atoms in total. The Labute approximate surface area is 162 Å². The molecule has 1 N–H and O–H groups in total. The van der Waals surface area contributed by atoms with Gasteiger partial charge in [-0.2, -0.15) is 13.2 Å². The number of ether oxygens (including phenoxy) is 1. The minimum Gasteiger partial charge on any atom is -0.497 e. The quantitative estimate of drug-likeness (QED) is 0.756. The molecule has 0 aromatic heterocycles. The predicted octanol–water partition coefficient (Wildman–Crippen LogP) is 5.25. The maximum Gasteiger partial charge on any atom is 0.416 e. The number of carbonyl (C=O) groups is 1. The van der Waals surface area contributed by atoms with Crippen LogP contribution in [0.3, 0.4) is 0 Å². The second-order valence-corrected chi connectivity index (χ2v) is 7.21. The van der Waals surface area contributed by atoms with E-state index in [1.807, 2.05) is 18.2 Å². The molecule has 0 saturated heterocycles. The van der Waals surface area contributed by atoms with Crippen LogP contribution in [-0.2, 0) is 11.0 Å². The number of amides is 1. The number of fused-ring (bicyclic) bond motifs is 1.